The van der Waals surface area contributed by atoms with Crippen LogP contribution in [0.15, 0.2) is 39.4 Å². The third kappa shape index (κ3) is 4.99. The standard InChI is InChI=1S/C18H19F3N2O5S2/c1-17(2,3)13(24)15(26)23-16-11(14(22)25)8-12(29-16)30(27,28)10-6-4-9(5-7-10)18(19,20)21/h4-8,13,24H,1-3H3,(H2,22,25)(H,23,26). The molecule has 2 amide bonds. The van der Waals surface area contributed by atoms with Gasteiger partial charge in [0.05, 0.1) is 16.0 Å². The van der Waals surface area contributed by atoms with Crippen molar-refractivity contribution in [3.8, 4) is 0 Å². The highest BCUT2D eigenvalue weighted by Crippen LogP contribution is 2.36. The van der Waals surface area contributed by atoms with Gasteiger partial charge in [-0.15, -0.1) is 11.3 Å². The Balaban J connectivity index is 2.44. The molecule has 0 saturated carbocycles. The Hall–Kier alpha value is -2.44. The summed E-state index contributed by atoms with van der Waals surface area (Å²) in [5, 5.41) is 12.1. The first kappa shape index (κ1) is 23.8. The van der Waals surface area contributed by atoms with Crippen LogP contribution in [0.1, 0.15) is 36.7 Å². The van der Waals surface area contributed by atoms with Gasteiger partial charge in [-0.05, 0) is 35.7 Å². The number of sulfone groups is 1. The SMILES string of the molecule is CC(C)(C)C(O)C(=O)Nc1sc(S(=O)(=O)c2ccc(C(F)(F)F)cc2)cc1C(N)=O. The predicted octanol–water partition coefficient (Wildman–Crippen LogP) is 3.04. The summed E-state index contributed by atoms with van der Waals surface area (Å²) >= 11 is 0.502. The van der Waals surface area contributed by atoms with Crippen LogP contribution in [-0.4, -0.2) is 31.4 Å². The Labute approximate surface area is 174 Å². The van der Waals surface area contributed by atoms with Gasteiger partial charge in [-0.25, -0.2) is 8.42 Å². The van der Waals surface area contributed by atoms with Crippen LogP contribution in [0.5, 0.6) is 0 Å². The smallest absolute Gasteiger partial charge is 0.383 e. The van der Waals surface area contributed by atoms with Crippen LogP contribution in [0.3, 0.4) is 0 Å². The van der Waals surface area contributed by atoms with Gasteiger partial charge in [0, 0.05) is 0 Å². The lowest BCUT2D eigenvalue weighted by Gasteiger charge is -2.24. The van der Waals surface area contributed by atoms with Gasteiger partial charge in [-0.1, -0.05) is 20.8 Å². The number of amides is 2. The molecule has 0 aliphatic rings. The van der Waals surface area contributed by atoms with Crippen LogP contribution in [-0.2, 0) is 20.8 Å². The molecule has 1 aromatic carbocycles. The number of carbonyl (C=O) groups is 2. The molecule has 2 aromatic rings. The van der Waals surface area contributed by atoms with Crippen molar-refractivity contribution in [2.24, 2.45) is 11.1 Å². The lowest BCUT2D eigenvalue weighted by molar-refractivity contribution is -0.137. The fraction of sp³-hybridized carbons (Fsp3) is 0.333. The number of aliphatic hydroxyl groups excluding tert-OH is 1. The zero-order chi connectivity index (χ0) is 23.1. The summed E-state index contributed by atoms with van der Waals surface area (Å²) in [6.07, 6.45) is -6.09. The summed E-state index contributed by atoms with van der Waals surface area (Å²) in [6, 6.07) is 3.77. The van der Waals surface area contributed by atoms with Crippen LogP contribution in [0.25, 0.3) is 0 Å². The summed E-state index contributed by atoms with van der Waals surface area (Å²) in [6.45, 7) is 4.80. The van der Waals surface area contributed by atoms with Gasteiger partial charge in [0.15, 0.2) is 0 Å². The van der Waals surface area contributed by atoms with Crippen LogP contribution in [0.2, 0.25) is 0 Å². The van der Waals surface area contributed by atoms with Crippen molar-refractivity contribution in [2.45, 2.75) is 42.2 Å². The van der Waals surface area contributed by atoms with Crippen molar-refractivity contribution in [3.63, 3.8) is 0 Å². The lowest BCUT2D eigenvalue weighted by Crippen LogP contribution is -2.38. The molecule has 0 spiro atoms. The number of nitrogens with one attached hydrogen (secondary N) is 1. The maximum absolute atomic E-state index is 12.8. The second-order valence-electron chi connectivity index (χ2n) is 7.46. The largest absolute Gasteiger partial charge is 0.416 e. The van der Waals surface area contributed by atoms with E-state index < -0.39 is 54.0 Å². The quantitative estimate of drug-likeness (QED) is 0.627. The summed E-state index contributed by atoms with van der Waals surface area (Å²) in [7, 11) is -4.29. The highest BCUT2D eigenvalue weighted by molar-refractivity contribution is 7.93. The van der Waals surface area contributed by atoms with Crippen molar-refractivity contribution in [1.82, 2.24) is 0 Å². The molecule has 1 heterocycles. The number of primary amides is 1. The molecular formula is C18H19F3N2O5S2. The fourth-order valence-corrected chi connectivity index (χ4v) is 5.07. The van der Waals surface area contributed by atoms with E-state index in [0.29, 0.717) is 23.5 Å². The van der Waals surface area contributed by atoms with E-state index in [1.54, 1.807) is 20.8 Å². The van der Waals surface area contributed by atoms with E-state index in [2.05, 4.69) is 5.32 Å². The lowest BCUT2D eigenvalue weighted by atomic mass is 9.89. The number of hydrogen-bond donors (Lipinski definition) is 3. The molecule has 0 aliphatic heterocycles. The molecule has 7 nitrogen and oxygen atoms in total. The molecule has 12 heteroatoms. The summed E-state index contributed by atoms with van der Waals surface area (Å²) in [5.41, 5.74) is 3.09. The van der Waals surface area contributed by atoms with E-state index in [4.69, 9.17) is 5.73 Å². The van der Waals surface area contributed by atoms with Gasteiger partial charge in [0.2, 0.25) is 9.84 Å². The fourth-order valence-electron chi connectivity index (χ4n) is 2.29. The van der Waals surface area contributed by atoms with E-state index in [0.717, 1.165) is 18.2 Å². The average Bonchev–Trinajstić information content (AvgIpc) is 3.04. The number of anilines is 1. The minimum Gasteiger partial charge on any atom is -0.383 e. The third-order valence-electron chi connectivity index (χ3n) is 4.04. The van der Waals surface area contributed by atoms with E-state index in [1.807, 2.05) is 0 Å². The number of benzene rings is 1. The number of nitrogens with two attached hydrogens (primary N) is 1. The molecular weight excluding hydrogens is 445 g/mol. The third-order valence-corrected chi connectivity index (χ3v) is 7.33. The van der Waals surface area contributed by atoms with Gasteiger partial charge >= 0.3 is 6.18 Å². The van der Waals surface area contributed by atoms with Crippen LogP contribution in [0, 0.1) is 5.41 Å². The van der Waals surface area contributed by atoms with E-state index in [9.17, 15) is 36.3 Å². The number of thiophene rings is 1. The maximum atomic E-state index is 12.8. The Bertz CT molecular complexity index is 1070. The number of aliphatic hydroxyl groups is 1. The Morgan fingerprint density at radius 2 is 1.67 bits per heavy atom. The molecule has 0 bridgehead atoms. The van der Waals surface area contributed by atoms with E-state index >= 15 is 0 Å². The molecule has 4 N–H and O–H groups in total. The first-order chi connectivity index (χ1) is 13.5. The molecule has 0 saturated heterocycles. The normalized spacial score (nSPS) is 13.7. The maximum Gasteiger partial charge on any atom is 0.416 e. The average molecular weight is 464 g/mol. The van der Waals surface area contributed by atoms with Crippen molar-refractivity contribution >= 4 is 38.0 Å². The van der Waals surface area contributed by atoms with Crippen molar-refractivity contribution in [1.29, 1.82) is 0 Å². The van der Waals surface area contributed by atoms with Crippen molar-refractivity contribution < 1.29 is 36.3 Å². The molecule has 1 unspecified atom stereocenters. The monoisotopic (exact) mass is 464 g/mol. The predicted molar refractivity (Wildman–Crippen MR) is 104 cm³/mol. The Morgan fingerprint density at radius 3 is 2.10 bits per heavy atom. The summed E-state index contributed by atoms with van der Waals surface area (Å²) in [4.78, 5) is 23.5. The molecule has 0 fully saturated rings. The molecule has 1 aromatic heterocycles. The minimum atomic E-state index is -4.63. The second kappa shape index (κ2) is 8.00. The Kier molecular flexibility index (Phi) is 6.36. The molecule has 164 valence electrons. The highest BCUT2D eigenvalue weighted by Gasteiger charge is 2.33. The topological polar surface area (TPSA) is 127 Å². The molecule has 0 radical (unpaired) electrons. The first-order valence-corrected chi connectivity index (χ1v) is 10.7. The minimum absolute atomic E-state index is 0.193. The van der Waals surface area contributed by atoms with Gasteiger partial charge in [0.25, 0.3) is 11.8 Å². The Morgan fingerprint density at radius 1 is 1.13 bits per heavy atom. The van der Waals surface area contributed by atoms with Gasteiger partial charge < -0.3 is 16.2 Å². The zero-order valence-corrected chi connectivity index (χ0v) is 17.7. The molecule has 0 aliphatic carbocycles. The van der Waals surface area contributed by atoms with Crippen molar-refractivity contribution in [2.75, 3.05) is 5.32 Å². The van der Waals surface area contributed by atoms with Gasteiger partial charge in [-0.2, -0.15) is 13.2 Å². The first-order valence-electron chi connectivity index (χ1n) is 8.40. The number of halogens is 3. The van der Waals surface area contributed by atoms with Crippen LogP contribution in [0.4, 0.5) is 18.2 Å². The number of alkyl halides is 3. The van der Waals surface area contributed by atoms with E-state index in [-0.39, 0.29) is 10.6 Å². The van der Waals surface area contributed by atoms with Gasteiger partial charge in [0.1, 0.15) is 15.3 Å². The number of carbonyl (C=O) groups excluding carboxylic acids is 2. The zero-order valence-electron chi connectivity index (χ0n) is 16.1. The van der Waals surface area contributed by atoms with E-state index in [1.165, 1.54) is 0 Å². The second-order valence-corrected chi connectivity index (χ2v) is 10.7. The van der Waals surface area contributed by atoms with Crippen LogP contribution < -0.4 is 11.1 Å². The molecule has 30 heavy (non-hydrogen) atoms. The number of hydrogen-bond acceptors (Lipinski definition) is 6. The molecule has 2 rings (SSSR count). The number of rotatable bonds is 5. The van der Waals surface area contributed by atoms with Gasteiger partial charge in [-0.3, -0.25) is 9.59 Å². The summed E-state index contributed by atoms with van der Waals surface area (Å²) in [5.74, 6) is -1.90. The highest BCUT2D eigenvalue weighted by atomic mass is 32.2. The van der Waals surface area contributed by atoms with Crippen molar-refractivity contribution in [3.05, 3.63) is 41.5 Å². The molecule has 1 atom stereocenters. The summed E-state index contributed by atoms with van der Waals surface area (Å²) < 4.78 is 63.2. The van der Waals surface area contributed by atoms with Crippen LogP contribution >= 0.6 is 11.3 Å².